The van der Waals surface area contributed by atoms with Crippen molar-refractivity contribution in [2.45, 2.75) is 6.54 Å². The van der Waals surface area contributed by atoms with Gasteiger partial charge in [0.05, 0.1) is 24.3 Å². The number of nitrogens with one attached hydrogen (secondary N) is 2. The lowest BCUT2D eigenvalue weighted by Crippen LogP contribution is -2.21. The maximum atomic E-state index is 11.4. The molecule has 5 nitrogen and oxygen atoms in total. The third-order valence-corrected chi connectivity index (χ3v) is 1.79. The number of furan rings is 1. The fourth-order valence-electron chi connectivity index (χ4n) is 1.05. The molecule has 0 spiro atoms. The van der Waals surface area contributed by atoms with Gasteiger partial charge in [0.15, 0.2) is 0 Å². The molecule has 0 radical (unpaired) electrons. The SMILES string of the molecule is O=C(NCc1ccoc1)c1cn[nH]c1. The van der Waals surface area contributed by atoms with Crippen molar-refractivity contribution in [3.05, 3.63) is 42.1 Å². The second kappa shape index (κ2) is 3.78. The minimum Gasteiger partial charge on any atom is -0.472 e. The molecule has 14 heavy (non-hydrogen) atoms. The molecule has 2 rings (SSSR count). The van der Waals surface area contributed by atoms with Crippen molar-refractivity contribution in [3.63, 3.8) is 0 Å². The number of carbonyl (C=O) groups excluding carboxylic acids is 1. The van der Waals surface area contributed by atoms with Gasteiger partial charge in [0.2, 0.25) is 0 Å². The van der Waals surface area contributed by atoms with Crippen molar-refractivity contribution in [3.8, 4) is 0 Å². The molecule has 0 atom stereocenters. The average molecular weight is 191 g/mol. The van der Waals surface area contributed by atoms with E-state index in [-0.39, 0.29) is 5.91 Å². The third-order valence-electron chi connectivity index (χ3n) is 1.79. The lowest BCUT2D eigenvalue weighted by atomic mass is 10.3. The van der Waals surface area contributed by atoms with Crippen LogP contribution in [0.15, 0.2) is 35.4 Å². The number of amides is 1. The predicted molar refractivity (Wildman–Crippen MR) is 48.5 cm³/mol. The van der Waals surface area contributed by atoms with Crippen molar-refractivity contribution in [1.29, 1.82) is 0 Å². The standard InChI is InChI=1S/C9H9N3O2/c13-9(8-4-11-12-5-8)10-3-7-1-2-14-6-7/h1-2,4-6H,3H2,(H,10,13)(H,11,12). The molecule has 0 aliphatic heterocycles. The molecule has 0 fully saturated rings. The van der Waals surface area contributed by atoms with E-state index in [1.807, 2.05) is 0 Å². The zero-order valence-electron chi connectivity index (χ0n) is 7.36. The molecule has 2 aromatic heterocycles. The van der Waals surface area contributed by atoms with Crippen LogP contribution in [-0.4, -0.2) is 16.1 Å². The molecule has 0 bridgehead atoms. The number of aromatic amines is 1. The van der Waals surface area contributed by atoms with Crippen LogP contribution in [-0.2, 0) is 6.54 Å². The molecule has 1 amide bonds. The fraction of sp³-hybridized carbons (Fsp3) is 0.111. The fourth-order valence-corrected chi connectivity index (χ4v) is 1.05. The summed E-state index contributed by atoms with van der Waals surface area (Å²) in [6, 6.07) is 1.80. The number of aromatic nitrogens is 2. The summed E-state index contributed by atoms with van der Waals surface area (Å²) in [5, 5.41) is 8.99. The summed E-state index contributed by atoms with van der Waals surface area (Å²) in [5.74, 6) is -0.153. The molecule has 2 heterocycles. The number of carbonyl (C=O) groups is 1. The van der Waals surface area contributed by atoms with Crippen molar-refractivity contribution < 1.29 is 9.21 Å². The molecule has 0 aliphatic carbocycles. The number of H-pyrrole nitrogens is 1. The van der Waals surface area contributed by atoms with Gasteiger partial charge < -0.3 is 9.73 Å². The maximum absolute atomic E-state index is 11.4. The highest BCUT2D eigenvalue weighted by Crippen LogP contribution is 2.00. The third kappa shape index (κ3) is 1.82. The highest BCUT2D eigenvalue weighted by molar-refractivity contribution is 5.93. The summed E-state index contributed by atoms with van der Waals surface area (Å²) in [5.41, 5.74) is 1.45. The molecule has 0 aromatic carbocycles. The van der Waals surface area contributed by atoms with E-state index in [2.05, 4.69) is 15.5 Å². The normalized spacial score (nSPS) is 10.0. The smallest absolute Gasteiger partial charge is 0.254 e. The molecule has 2 N–H and O–H groups in total. The molecule has 0 unspecified atom stereocenters. The van der Waals surface area contributed by atoms with Crippen molar-refractivity contribution in [1.82, 2.24) is 15.5 Å². The molecule has 0 saturated carbocycles. The largest absolute Gasteiger partial charge is 0.472 e. The number of rotatable bonds is 3. The van der Waals surface area contributed by atoms with Gasteiger partial charge in [0.1, 0.15) is 0 Å². The Hall–Kier alpha value is -2.04. The Bertz CT molecular complexity index is 392. The minimum absolute atomic E-state index is 0.153. The molecule has 0 saturated heterocycles. The number of hydrogen-bond acceptors (Lipinski definition) is 3. The van der Waals surface area contributed by atoms with Gasteiger partial charge in [0, 0.05) is 18.3 Å². The highest BCUT2D eigenvalue weighted by atomic mass is 16.3. The van der Waals surface area contributed by atoms with Crippen molar-refractivity contribution in [2.75, 3.05) is 0 Å². The summed E-state index contributed by atoms with van der Waals surface area (Å²) in [6.07, 6.45) is 6.18. The second-order valence-electron chi connectivity index (χ2n) is 2.80. The van der Waals surface area contributed by atoms with Gasteiger partial charge in [-0.05, 0) is 6.07 Å². The van der Waals surface area contributed by atoms with Gasteiger partial charge in [-0.15, -0.1) is 0 Å². The van der Waals surface area contributed by atoms with E-state index in [9.17, 15) is 4.79 Å². The highest BCUT2D eigenvalue weighted by Gasteiger charge is 2.05. The van der Waals surface area contributed by atoms with Gasteiger partial charge in [-0.25, -0.2) is 0 Å². The minimum atomic E-state index is -0.153. The van der Waals surface area contributed by atoms with E-state index in [0.717, 1.165) is 5.56 Å². The Morgan fingerprint density at radius 2 is 2.57 bits per heavy atom. The monoisotopic (exact) mass is 191 g/mol. The van der Waals surface area contributed by atoms with Gasteiger partial charge >= 0.3 is 0 Å². The van der Waals surface area contributed by atoms with Crippen LogP contribution in [0.25, 0.3) is 0 Å². The van der Waals surface area contributed by atoms with E-state index in [0.29, 0.717) is 12.1 Å². The summed E-state index contributed by atoms with van der Waals surface area (Å²) in [4.78, 5) is 11.4. The molecular formula is C9H9N3O2. The van der Waals surface area contributed by atoms with Gasteiger partial charge in [-0.1, -0.05) is 0 Å². The van der Waals surface area contributed by atoms with Crippen LogP contribution in [0, 0.1) is 0 Å². The van der Waals surface area contributed by atoms with E-state index in [1.54, 1.807) is 24.8 Å². The van der Waals surface area contributed by atoms with E-state index in [4.69, 9.17) is 4.42 Å². The molecule has 72 valence electrons. The Kier molecular flexibility index (Phi) is 2.31. The summed E-state index contributed by atoms with van der Waals surface area (Å²) < 4.78 is 4.87. The first-order valence-electron chi connectivity index (χ1n) is 4.14. The summed E-state index contributed by atoms with van der Waals surface area (Å²) >= 11 is 0. The summed E-state index contributed by atoms with van der Waals surface area (Å²) in [6.45, 7) is 0.459. The van der Waals surface area contributed by atoms with Gasteiger partial charge in [-0.3, -0.25) is 9.89 Å². The lowest BCUT2D eigenvalue weighted by Gasteiger charge is -1.99. The Balaban J connectivity index is 1.90. The van der Waals surface area contributed by atoms with E-state index in [1.165, 1.54) is 6.20 Å². The first-order valence-corrected chi connectivity index (χ1v) is 4.14. The number of hydrogen-bond donors (Lipinski definition) is 2. The molecule has 5 heteroatoms. The van der Waals surface area contributed by atoms with Crippen LogP contribution < -0.4 is 5.32 Å². The summed E-state index contributed by atoms with van der Waals surface area (Å²) in [7, 11) is 0. The zero-order valence-corrected chi connectivity index (χ0v) is 7.36. The van der Waals surface area contributed by atoms with E-state index < -0.39 is 0 Å². The maximum Gasteiger partial charge on any atom is 0.254 e. The second-order valence-corrected chi connectivity index (χ2v) is 2.80. The van der Waals surface area contributed by atoms with Crippen LogP contribution in [0.3, 0.4) is 0 Å². The zero-order chi connectivity index (χ0) is 9.80. The predicted octanol–water partition coefficient (Wildman–Crippen LogP) is 0.933. The molecule has 2 aromatic rings. The molecule has 0 aliphatic rings. The Morgan fingerprint density at radius 3 is 3.21 bits per heavy atom. The van der Waals surface area contributed by atoms with Gasteiger partial charge in [-0.2, -0.15) is 5.10 Å². The van der Waals surface area contributed by atoms with Crippen LogP contribution in [0.1, 0.15) is 15.9 Å². The Morgan fingerprint density at radius 1 is 1.64 bits per heavy atom. The quantitative estimate of drug-likeness (QED) is 0.758. The van der Waals surface area contributed by atoms with Crippen LogP contribution in [0.5, 0.6) is 0 Å². The Labute approximate surface area is 80.1 Å². The van der Waals surface area contributed by atoms with Crippen LogP contribution in [0.2, 0.25) is 0 Å². The van der Waals surface area contributed by atoms with Gasteiger partial charge in [0.25, 0.3) is 5.91 Å². The number of nitrogens with zero attached hydrogens (tertiary/aromatic N) is 1. The van der Waals surface area contributed by atoms with Crippen LogP contribution >= 0.6 is 0 Å². The molecular weight excluding hydrogens is 182 g/mol. The van der Waals surface area contributed by atoms with Crippen LogP contribution in [0.4, 0.5) is 0 Å². The lowest BCUT2D eigenvalue weighted by molar-refractivity contribution is 0.0951. The average Bonchev–Trinajstić information content (AvgIpc) is 2.87. The first kappa shape index (κ1) is 8.55. The van der Waals surface area contributed by atoms with Crippen molar-refractivity contribution >= 4 is 5.91 Å². The topological polar surface area (TPSA) is 70.9 Å². The van der Waals surface area contributed by atoms with E-state index >= 15 is 0 Å². The first-order chi connectivity index (χ1) is 6.86. The van der Waals surface area contributed by atoms with Crippen molar-refractivity contribution in [2.24, 2.45) is 0 Å².